The van der Waals surface area contributed by atoms with Crippen LogP contribution in [0.4, 0.5) is 0 Å². The van der Waals surface area contributed by atoms with Crippen LogP contribution in [-0.2, 0) is 14.3 Å². The van der Waals surface area contributed by atoms with Gasteiger partial charge in [-0.15, -0.1) is 0 Å². The number of carbonyl (C=O) groups excluding carboxylic acids is 2. The fourth-order valence-corrected chi connectivity index (χ4v) is 2.46. The molecule has 0 saturated carbocycles. The van der Waals surface area contributed by atoms with E-state index < -0.39 is 18.5 Å². The Morgan fingerprint density at radius 2 is 1.67 bits per heavy atom. The van der Waals surface area contributed by atoms with E-state index in [0.717, 1.165) is 5.56 Å². The molecule has 8 heteroatoms. The van der Waals surface area contributed by atoms with E-state index in [1.54, 1.807) is 56.5 Å². The third-order valence-corrected chi connectivity index (χ3v) is 4.34. The Morgan fingerprint density at radius 3 is 2.30 bits per heavy atom. The molecule has 0 unspecified atom stereocenters. The zero-order chi connectivity index (χ0) is 19.8. The summed E-state index contributed by atoms with van der Waals surface area (Å²) in [4.78, 5) is 23.6. The lowest BCUT2D eigenvalue weighted by Crippen LogP contribution is -2.31. The summed E-state index contributed by atoms with van der Waals surface area (Å²) in [6, 6.07) is 11.5. The molecule has 0 heterocycles. The van der Waals surface area contributed by atoms with Gasteiger partial charge < -0.3 is 19.5 Å². The molecule has 0 saturated heterocycles. The van der Waals surface area contributed by atoms with Gasteiger partial charge in [0.2, 0.25) is 0 Å². The van der Waals surface area contributed by atoms with Gasteiger partial charge in [0.25, 0.3) is 5.91 Å². The highest BCUT2D eigenvalue weighted by molar-refractivity contribution is 6.42. The van der Waals surface area contributed by atoms with Gasteiger partial charge in [-0.25, -0.2) is 4.79 Å². The van der Waals surface area contributed by atoms with Crippen LogP contribution in [-0.4, -0.2) is 32.2 Å². The first kappa shape index (κ1) is 20.9. The van der Waals surface area contributed by atoms with Crippen LogP contribution in [0.25, 0.3) is 0 Å². The fourth-order valence-electron chi connectivity index (χ4n) is 2.15. The maximum Gasteiger partial charge on any atom is 0.344 e. The average molecular weight is 412 g/mol. The molecule has 2 rings (SSSR count). The Balaban J connectivity index is 1.73. The van der Waals surface area contributed by atoms with E-state index in [2.05, 4.69) is 5.32 Å². The normalized spacial score (nSPS) is 11.4. The number of hydrogen-bond acceptors (Lipinski definition) is 5. The summed E-state index contributed by atoms with van der Waals surface area (Å²) in [6.45, 7) is 1.07. The predicted molar refractivity (Wildman–Crippen MR) is 102 cm³/mol. The van der Waals surface area contributed by atoms with E-state index in [9.17, 15) is 9.59 Å². The summed E-state index contributed by atoms with van der Waals surface area (Å²) in [7, 11) is 1.56. The third kappa shape index (κ3) is 6.66. The molecule has 2 aromatic carbocycles. The molecule has 0 fully saturated rings. The number of carbonyl (C=O) groups is 2. The van der Waals surface area contributed by atoms with Crippen molar-refractivity contribution in [1.82, 2.24) is 5.32 Å². The van der Waals surface area contributed by atoms with Gasteiger partial charge >= 0.3 is 5.97 Å². The summed E-state index contributed by atoms with van der Waals surface area (Å²) in [5.41, 5.74) is 0.784. The maximum absolute atomic E-state index is 11.9. The first-order chi connectivity index (χ1) is 12.9. The Morgan fingerprint density at radius 1 is 1.00 bits per heavy atom. The Hall–Kier alpha value is -2.44. The van der Waals surface area contributed by atoms with E-state index in [1.807, 2.05) is 0 Å². The second kappa shape index (κ2) is 10.0. The molecule has 6 nitrogen and oxygen atoms in total. The van der Waals surface area contributed by atoms with Crippen molar-refractivity contribution in [3.05, 3.63) is 58.1 Å². The van der Waals surface area contributed by atoms with Crippen molar-refractivity contribution in [3.8, 4) is 11.5 Å². The standard InChI is InChI=1S/C19H19Cl2NO5/c1-12(13-3-8-16(20)17(21)9-13)22-18(23)10-27-19(24)11-26-15-6-4-14(25-2)5-7-15/h3-9,12H,10-11H2,1-2H3,(H,22,23)/t12-/m1/s1. The number of halogens is 2. The molecule has 2 aromatic rings. The Kier molecular flexibility index (Phi) is 7.76. The predicted octanol–water partition coefficient (Wildman–Crippen LogP) is 3.80. The molecule has 0 radical (unpaired) electrons. The minimum Gasteiger partial charge on any atom is -0.497 e. The molecule has 144 valence electrons. The zero-order valence-corrected chi connectivity index (χ0v) is 16.3. The minimum absolute atomic E-state index is 0.304. The Labute approximate surface area is 167 Å². The number of benzene rings is 2. The van der Waals surface area contributed by atoms with Crippen molar-refractivity contribution < 1.29 is 23.8 Å². The number of nitrogens with one attached hydrogen (secondary N) is 1. The lowest BCUT2D eigenvalue weighted by Gasteiger charge is -2.15. The SMILES string of the molecule is COc1ccc(OCC(=O)OCC(=O)N[C@H](C)c2ccc(Cl)c(Cl)c2)cc1. The zero-order valence-electron chi connectivity index (χ0n) is 14.8. The van der Waals surface area contributed by atoms with E-state index in [1.165, 1.54) is 0 Å². The summed E-state index contributed by atoms with van der Waals surface area (Å²) < 4.78 is 15.2. The summed E-state index contributed by atoms with van der Waals surface area (Å²) in [5.74, 6) is 0.0812. The van der Waals surface area contributed by atoms with Gasteiger partial charge in [-0.3, -0.25) is 4.79 Å². The van der Waals surface area contributed by atoms with Crippen molar-refractivity contribution in [1.29, 1.82) is 0 Å². The molecule has 0 aliphatic heterocycles. The van der Waals surface area contributed by atoms with E-state index in [-0.39, 0.29) is 12.6 Å². The Bertz CT molecular complexity index is 795. The number of rotatable bonds is 8. The van der Waals surface area contributed by atoms with Crippen LogP contribution in [0.3, 0.4) is 0 Å². The van der Waals surface area contributed by atoms with Gasteiger partial charge in [0, 0.05) is 0 Å². The third-order valence-electron chi connectivity index (χ3n) is 3.60. The molecule has 1 amide bonds. The fraction of sp³-hybridized carbons (Fsp3) is 0.263. The topological polar surface area (TPSA) is 73.9 Å². The van der Waals surface area contributed by atoms with Crippen molar-refractivity contribution in [2.75, 3.05) is 20.3 Å². The lowest BCUT2D eigenvalue weighted by atomic mass is 10.1. The van der Waals surface area contributed by atoms with Crippen LogP contribution in [0.1, 0.15) is 18.5 Å². The van der Waals surface area contributed by atoms with Crippen molar-refractivity contribution in [3.63, 3.8) is 0 Å². The van der Waals surface area contributed by atoms with Gasteiger partial charge in [0.1, 0.15) is 11.5 Å². The first-order valence-corrected chi connectivity index (χ1v) is 8.81. The second-order valence-corrected chi connectivity index (χ2v) is 6.40. The van der Waals surface area contributed by atoms with Crippen LogP contribution in [0.5, 0.6) is 11.5 Å². The van der Waals surface area contributed by atoms with Gasteiger partial charge in [-0.2, -0.15) is 0 Å². The van der Waals surface area contributed by atoms with Crippen LogP contribution in [0, 0.1) is 0 Å². The number of hydrogen-bond donors (Lipinski definition) is 1. The molecule has 0 aromatic heterocycles. The van der Waals surface area contributed by atoms with E-state index >= 15 is 0 Å². The largest absolute Gasteiger partial charge is 0.497 e. The van der Waals surface area contributed by atoms with Crippen LogP contribution >= 0.6 is 23.2 Å². The quantitative estimate of drug-likeness (QED) is 0.668. The molecular weight excluding hydrogens is 393 g/mol. The van der Waals surface area contributed by atoms with Crippen LogP contribution in [0.2, 0.25) is 10.0 Å². The summed E-state index contributed by atoms with van der Waals surface area (Å²) in [6.07, 6.45) is 0. The first-order valence-electron chi connectivity index (χ1n) is 8.06. The van der Waals surface area contributed by atoms with E-state index in [0.29, 0.717) is 21.5 Å². The highest BCUT2D eigenvalue weighted by Crippen LogP contribution is 2.25. The smallest absolute Gasteiger partial charge is 0.344 e. The maximum atomic E-state index is 11.9. The summed E-state index contributed by atoms with van der Waals surface area (Å²) >= 11 is 11.8. The van der Waals surface area contributed by atoms with Gasteiger partial charge in [0.15, 0.2) is 13.2 Å². The molecular formula is C19H19Cl2NO5. The van der Waals surface area contributed by atoms with E-state index in [4.69, 9.17) is 37.4 Å². The highest BCUT2D eigenvalue weighted by atomic mass is 35.5. The molecule has 0 bridgehead atoms. The van der Waals surface area contributed by atoms with Crippen LogP contribution < -0.4 is 14.8 Å². The molecule has 1 atom stereocenters. The molecule has 1 N–H and O–H groups in total. The second-order valence-electron chi connectivity index (χ2n) is 5.59. The summed E-state index contributed by atoms with van der Waals surface area (Å²) in [5, 5.41) is 3.55. The van der Waals surface area contributed by atoms with Gasteiger partial charge in [-0.05, 0) is 48.9 Å². The minimum atomic E-state index is -0.650. The van der Waals surface area contributed by atoms with Crippen LogP contribution in [0.15, 0.2) is 42.5 Å². The molecule has 0 aliphatic carbocycles. The van der Waals surface area contributed by atoms with Crippen molar-refractivity contribution >= 4 is 35.1 Å². The number of ether oxygens (including phenoxy) is 3. The van der Waals surface area contributed by atoms with Gasteiger partial charge in [-0.1, -0.05) is 29.3 Å². The number of methoxy groups -OCH3 is 1. The number of amides is 1. The lowest BCUT2D eigenvalue weighted by molar-refractivity contribution is -0.150. The van der Waals surface area contributed by atoms with Crippen molar-refractivity contribution in [2.45, 2.75) is 13.0 Å². The van der Waals surface area contributed by atoms with Crippen molar-refractivity contribution in [2.24, 2.45) is 0 Å². The van der Waals surface area contributed by atoms with Gasteiger partial charge in [0.05, 0.1) is 23.2 Å². The number of esters is 1. The highest BCUT2D eigenvalue weighted by Gasteiger charge is 2.13. The molecule has 27 heavy (non-hydrogen) atoms. The molecule has 0 aliphatic rings. The average Bonchev–Trinajstić information content (AvgIpc) is 2.67. The molecule has 0 spiro atoms. The monoisotopic (exact) mass is 411 g/mol.